The van der Waals surface area contributed by atoms with Crippen LogP contribution < -0.4 is 20.9 Å². The number of nitrogens with zero attached hydrogens (tertiary/aromatic N) is 2. The van der Waals surface area contributed by atoms with Crippen LogP contribution in [0.2, 0.25) is 0 Å². The molecule has 1 aromatic heterocycles. The average Bonchev–Trinajstić information content (AvgIpc) is 3.31. The first-order valence-electron chi connectivity index (χ1n) is 21.8. The molecule has 63 heavy (non-hydrogen) atoms. The molecule has 326 valence electrons. The third kappa shape index (κ3) is 10.8. The minimum Gasteiger partial charge on any atom is -0.506 e. The van der Waals surface area contributed by atoms with Crippen molar-refractivity contribution in [3.63, 3.8) is 0 Å². The van der Waals surface area contributed by atoms with E-state index in [0.29, 0.717) is 54.2 Å². The fourth-order valence-corrected chi connectivity index (χ4v) is 8.75. The first-order chi connectivity index (χ1) is 30.7. The Hall–Kier alpha value is -6.47. The van der Waals surface area contributed by atoms with Crippen LogP contribution in [0.4, 0.5) is 4.79 Å². The predicted molar refractivity (Wildman–Crippen MR) is 243 cm³/mol. The Balaban J connectivity index is 0.880. The van der Waals surface area contributed by atoms with Crippen molar-refractivity contribution in [1.29, 1.82) is 0 Å². The fourth-order valence-electron chi connectivity index (χ4n) is 8.75. The molecule has 12 nitrogen and oxygen atoms in total. The van der Waals surface area contributed by atoms with E-state index < -0.39 is 18.2 Å². The van der Waals surface area contributed by atoms with E-state index in [1.165, 1.54) is 12.1 Å². The second-order valence-corrected chi connectivity index (χ2v) is 16.6. The van der Waals surface area contributed by atoms with Crippen molar-refractivity contribution in [3.8, 4) is 11.5 Å². The van der Waals surface area contributed by atoms with Crippen molar-refractivity contribution in [2.75, 3.05) is 39.3 Å². The van der Waals surface area contributed by atoms with Crippen molar-refractivity contribution in [2.45, 2.75) is 57.6 Å². The maximum Gasteiger partial charge on any atom is 0.408 e. The highest BCUT2D eigenvalue weighted by molar-refractivity contribution is 5.94. The molecule has 0 aliphatic carbocycles. The van der Waals surface area contributed by atoms with E-state index in [1.807, 2.05) is 115 Å². The summed E-state index contributed by atoms with van der Waals surface area (Å²) < 4.78 is 12.3. The molecule has 3 saturated heterocycles. The second-order valence-electron chi connectivity index (χ2n) is 16.6. The molecule has 5 aromatic carbocycles. The van der Waals surface area contributed by atoms with Gasteiger partial charge in [0, 0.05) is 43.2 Å². The number of piperidine rings is 3. The van der Waals surface area contributed by atoms with Crippen molar-refractivity contribution in [3.05, 3.63) is 177 Å². The topological polar surface area (TPSA) is 156 Å². The van der Waals surface area contributed by atoms with Gasteiger partial charge in [-0.05, 0) is 122 Å². The van der Waals surface area contributed by atoms with Crippen LogP contribution in [0.5, 0.6) is 11.5 Å². The summed E-state index contributed by atoms with van der Waals surface area (Å²) in [4.78, 5) is 46.1. The Bertz CT molecular complexity index is 2560. The number of fused-ring (bicyclic) bond motifs is 4. The minimum atomic E-state index is -0.881. The summed E-state index contributed by atoms with van der Waals surface area (Å²) >= 11 is 0. The van der Waals surface area contributed by atoms with Gasteiger partial charge in [0.1, 0.15) is 24.2 Å². The summed E-state index contributed by atoms with van der Waals surface area (Å²) in [6.07, 6.45) is 1.37. The third-order valence-electron chi connectivity index (χ3n) is 12.3. The lowest BCUT2D eigenvalue weighted by atomic mass is 9.86. The molecule has 0 saturated carbocycles. The van der Waals surface area contributed by atoms with Gasteiger partial charge in [-0.15, -0.1) is 0 Å². The normalized spacial score (nSPS) is 17.8. The summed E-state index contributed by atoms with van der Waals surface area (Å²) in [6.45, 7) is 6.99. The molecule has 3 aliphatic rings. The molecule has 9 rings (SSSR count). The lowest BCUT2D eigenvalue weighted by Crippen LogP contribution is -2.52. The van der Waals surface area contributed by atoms with E-state index in [9.17, 15) is 24.6 Å². The van der Waals surface area contributed by atoms with Gasteiger partial charge in [-0.25, -0.2) is 4.79 Å². The van der Waals surface area contributed by atoms with Crippen LogP contribution >= 0.6 is 0 Å². The number of ether oxygens (including phenoxy) is 2. The zero-order valence-corrected chi connectivity index (χ0v) is 35.5. The van der Waals surface area contributed by atoms with Crippen LogP contribution in [0.15, 0.2) is 132 Å². The molecule has 0 spiro atoms. The quantitative estimate of drug-likeness (QED) is 0.0591. The number of alkyl carbamates (subject to hydrolysis) is 1. The molecule has 0 radical (unpaired) electrons. The number of aryl methyl sites for hydroxylation is 1. The largest absolute Gasteiger partial charge is 0.506 e. The Morgan fingerprint density at radius 3 is 2.41 bits per heavy atom. The number of aromatic amines is 1. The average molecular weight is 850 g/mol. The number of rotatable bonds is 17. The highest BCUT2D eigenvalue weighted by Crippen LogP contribution is 2.32. The van der Waals surface area contributed by atoms with Gasteiger partial charge in [0.15, 0.2) is 0 Å². The number of carbonyl (C=O) groups is 2. The molecule has 3 aliphatic heterocycles. The van der Waals surface area contributed by atoms with Crippen LogP contribution in [-0.4, -0.2) is 82.4 Å². The number of aromatic hydroxyl groups is 1. The Morgan fingerprint density at radius 2 is 1.65 bits per heavy atom. The minimum absolute atomic E-state index is 0.0589. The number of phenols is 1. The smallest absolute Gasteiger partial charge is 0.408 e. The van der Waals surface area contributed by atoms with Gasteiger partial charge in [-0.2, -0.15) is 0 Å². The molecule has 5 N–H and O–H groups in total. The number of H-pyrrole nitrogens is 1. The highest BCUT2D eigenvalue weighted by atomic mass is 16.6. The number of carbonyl (C=O) groups excluding carboxylic acids is 2. The predicted octanol–water partition coefficient (Wildman–Crippen LogP) is 7.39. The fraction of sp³-hybridized carbons (Fsp3) is 0.314. The van der Waals surface area contributed by atoms with Crippen molar-refractivity contribution in [1.82, 2.24) is 25.4 Å². The van der Waals surface area contributed by atoms with Crippen LogP contribution in [-0.2, 0) is 17.9 Å². The van der Waals surface area contributed by atoms with Gasteiger partial charge in [-0.3, -0.25) is 14.5 Å². The Kier molecular flexibility index (Phi) is 13.8. The van der Waals surface area contributed by atoms with Crippen molar-refractivity contribution < 1.29 is 29.3 Å². The number of phenolic OH excluding ortho intramolecular Hbond substituents is 1. The number of aliphatic hydroxyl groups is 1. The standard InChI is InChI=1S/C51H55N5O7/c1-34-9-5-6-12-40(34)31-56(26-8-25-52-30-45(58)42-19-21-44(57)49-43(42)20-22-47(59)53-49)50(60)38-17-15-35(16-18-38)33-62-41-14-7-13-39(29-41)48(37-10-3-2-4-11-37)54-51(61)63-46-32-55-27-23-36(46)24-28-55/h2-7,9-22,29,36,45-46,48,52,57-58H,8,23-28,30-33H2,1H3,(H,53,59)(H,54,61)/t45-,46+,48?/m1/s1. The number of pyridine rings is 1. The Morgan fingerprint density at radius 1 is 0.889 bits per heavy atom. The van der Waals surface area contributed by atoms with E-state index in [0.717, 1.165) is 60.3 Å². The van der Waals surface area contributed by atoms with E-state index in [-0.39, 0.29) is 42.0 Å². The number of nitrogens with one attached hydrogen (secondary N) is 3. The van der Waals surface area contributed by atoms with E-state index in [4.69, 9.17) is 9.47 Å². The number of benzene rings is 5. The summed E-state index contributed by atoms with van der Waals surface area (Å²) in [7, 11) is 0. The summed E-state index contributed by atoms with van der Waals surface area (Å²) in [5, 5.41) is 28.3. The van der Waals surface area contributed by atoms with Crippen molar-refractivity contribution >= 4 is 22.9 Å². The van der Waals surface area contributed by atoms with Crippen LogP contribution in [0.3, 0.4) is 0 Å². The van der Waals surface area contributed by atoms with E-state index >= 15 is 0 Å². The zero-order valence-electron chi connectivity index (χ0n) is 35.5. The molecule has 2 bridgehead atoms. The van der Waals surface area contributed by atoms with E-state index in [2.05, 4.69) is 20.5 Å². The second kappa shape index (κ2) is 20.1. The molecule has 2 amide bonds. The first kappa shape index (κ1) is 43.2. The zero-order chi connectivity index (χ0) is 43.7. The summed E-state index contributed by atoms with van der Waals surface area (Å²) in [5.41, 5.74) is 5.98. The van der Waals surface area contributed by atoms with Crippen LogP contribution in [0, 0.1) is 12.8 Å². The van der Waals surface area contributed by atoms with Gasteiger partial charge in [0.25, 0.3) is 5.91 Å². The van der Waals surface area contributed by atoms with Gasteiger partial charge < -0.3 is 40.2 Å². The lowest BCUT2D eigenvalue weighted by Gasteiger charge is -2.43. The molecule has 4 heterocycles. The van der Waals surface area contributed by atoms with Crippen LogP contribution in [0.1, 0.15) is 75.1 Å². The molecular formula is C51H55N5O7. The lowest BCUT2D eigenvalue weighted by molar-refractivity contribution is -0.0336. The number of aromatic nitrogens is 1. The van der Waals surface area contributed by atoms with E-state index in [1.54, 1.807) is 12.1 Å². The number of hydrogen-bond acceptors (Lipinski definition) is 9. The molecule has 6 aromatic rings. The van der Waals surface area contributed by atoms with Gasteiger partial charge in [0.05, 0.1) is 17.7 Å². The number of hydrogen-bond donors (Lipinski definition) is 5. The summed E-state index contributed by atoms with van der Waals surface area (Å²) in [6, 6.07) is 38.8. The van der Waals surface area contributed by atoms with Gasteiger partial charge in [0.2, 0.25) is 5.56 Å². The Labute approximate surface area is 367 Å². The molecule has 1 unspecified atom stereocenters. The molecule has 3 fully saturated rings. The third-order valence-corrected chi connectivity index (χ3v) is 12.3. The summed E-state index contributed by atoms with van der Waals surface area (Å²) in [5.74, 6) is 0.918. The number of amides is 2. The maximum atomic E-state index is 14.1. The van der Waals surface area contributed by atoms with Gasteiger partial charge in [-0.1, -0.05) is 84.9 Å². The molecule has 12 heteroatoms. The first-order valence-corrected chi connectivity index (χ1v) is 21.8. The molecular weight excluding hydrogens is 795 g/mol. The number of aliphatic hydroxyl groups excluding tert-OH is 1. The van der Waals surface area contributed by atoms with Crippen molar-refractivity contribution in [2.24, 2.45) is 5.92 Å². The highest BCUT2D eigenvalue weighted by Gasteiger charge is 2.37. The van der Waals surface area contributed by atoms with Crippen LogP contribution in [0.25, 0.3) is 10.9 Å². The van der Waals surface area contributed by atoms with Gasteiger partial charge >= 0.3 is 6.09 Å². The monoisotopic (exact) mass is 849 g/mol. The SMILES string of the molecule is Cc1ccccc1CN(CCCNC[C@@H](O)c1ccc(O)c2[nH]c(=O)ccc12)C(=O)c1ccc(COc2cccc(C(NC(=O)O[C@H]3CN4CCC3CC4)c3ccccc3)c2)cc1. The molecule has 3 atom stereocenters. The maximum absolute atomic E-state index is 14.1.